The minimum atomic E-state index is -0.262. The summed E-state index contributed by atoms with van der Waals surface area (Å²) in [7, 11) is 0. The van der Waals surface area contributed by atoms with Crippen molar-refractivity contribution in [2.24, 2.45) is 0 Å². The van der Waals surface area contributed by atoms with Crippen LogP contribution >= 0.6 is 11.3 Å². The number of amides is 1. The van der Waals surface area contributed by atoms with E-state index in [2.05, 4.69) is 10.3 Å². The average Bonchev–Trinajstić information content (AvgIpc) is 3.21. The lowest BCUT2D eigenvalue weighted by atomic mass is 10.1. The van der Waals surface area contributed by atoms with E-state index < -0.39 is 0 Å². The van der Waals surface area contributed by atoms with Crippen LogP contribution < -0.4 is 20.5 Å². The Bertz CT molecular complexity index is 909. The Morgan fingerprint density at radius 3 is 2.75 bits per heavy atom. The van der Waals surface area contributed by atoms with E-state index in [9.17, 15) is 4.79 Å². The highest BCUT2D eigenvalue weighted by Crippen LogP contribution is 2.35. The predicted octanol–water partition coefficient (Wildman–Crippen LogP) is 3.37. The molecule has 0 fully saturated rings. The van der Waals surface area contributed by atoms with E-state index in [1.807, 2.05) is 30.3 Å². The maximum absolute atomic E-state index is 12.7. The molecule has 3 N–H and O–H groups in total. The highest BCUT2D eigenvalue weighted by molar-refractivity contribution is 7.17. The first-order valence-electron chi connectivity index (χ1n) is 7.23. The van der Waals surface area contributed by atoms with E-state index >= 15 is 0 Å². The first kappa shape index (κ1) is 14.5. The number of benzene rings is 2. The fourth-order valence-electron chi connectivity index (χ4n) is 2.44. The van der Waals surface area contributed by atoms with Crippen LogP contribution in [0.3, 0.4) is 0 Å². The van der Waals surface area contributed by atoms with Crippen LogP contribution in [0, 0.1) is 0 Å². The second kappa shape index (κ2) is 5.86. The summed E-state index contributed by atoms with van der Waals surface area (Å²) in [4.78, 5) is 17.4. The van der Waals surface area contributed by atoms with E-state index in [0.717, 1.165) is 16.9 Å². The normalized spacial score (nSPS) is 12.2. The number of nitrogens with zero attached hydrogens (tertiary/aromatic N) is 1. The molecule has 0 saturated heterocycles. The Labute approximate surface area is 141 Å². The van der Waals surface area contributed by atoms with Gasteiger partial charge in [0.1, 0.15) is 4.88 Å². The van der Waals surface area contributed by atoms with Crippen LogP contribution in [0.25, 0.3) is 11.3 Å². The molecule has 0 atom stereocenters. The molecule has 0 unspecified atom stereocenters. The standard InChI is InChI=1S/C17H13N3O3S/c18-17-20-14(10-4-2-1-3-5-10)15(24-17)16(21)19-11-6-7-12-13(8-11)23-9-22-12/h1-8H,9H2,(H2,18,20)(H,19,21). The van der Waals surface area contributed by atoms with Crippen molar-refractivity contribution in [2.75, 3.05) is 17.8 Å². The number of anilines is 2. The third-order valence-electron chi connectivity index (χ3n) is 3.53. The van der Waals surface area contributed by atoms with Crippen LogP contribution in [0.2, 0.25) is 0 Å². The zero-order valence-electron chi connectivity index (χ0n) is 12.5. The summed E-state index contributed by atoms with van der Waals surface area (Å²) >= 11 is 1.16. The van der Waals surface area contributed by atoms with Crippen molar-refractivity contribution >= 4 is 28.1 Å². The maximum Gasteiger partial charge on any atom is 0.268 e. The number of rotatable bonds is 3. The van der Waals surface area contributed by atoms with E-state index in [1.165, 1.54) is 0 Å². The second-order valence-electron chi connectivity index (χ2n) is 5.12. The number of fused-ring (bicyclic) bond motifs is 1. The number of nitrogens with one attached hydrogen (secondary N) is 1. The largest absolute Gasteiger partial charge is 0.454 e. The third-order valence-corrected chi connectivity index (χ3v) is 4.41. The number of hydrogen-bond donors (Lipinski definition) is 2. The van der Waals surface area contributed by atoms with Crippen LogP contribution in [0.4, 0.5) is 10.8 Å². The number of nitrogens with two attached hydrogens (primary N) is 1. The van der Waals surface area contributed by atoms with Gasteiger partial charge in [0.25, 0.3) is 5.91 Å². The van der Waals surface area contributed by atoms with Gasteiger partial charge >= 0.3 is 0 Å². The van der Waals surface area contributed by atoms with Crippen LogP contribution in [0.15, 0.2) is 48.5 Å². The molecule has 24 heavy (non-hydrogen) atoms. The van der Waals surface area contributed by atoms with Crippen LogP contribution in [-0.2, 0) is 0 Å². The predicted molar refractivity (Wildman–Crippen MR) is 92.5 cm³/mol. The number of aromatic nitrogens is 1. The summed E-state index contributed by atoms with van der Waals surface area (Å²) in [5, 5.41) is 3.20. The molecule has 1 amide bonds. The molecule has 0 saturated carbocycles. The molecular formula is C17H13N3O3S. The van der Waals surface area contributed by atoms with Gasteiger partial charge in [0.05, 0.1) is 5.69 Å². The molecule has 2 aromatic carbocycles. The van der Waals surface area contributed by atoms with Crippen molar-refractivity contribution in [1.82, 2.24) is 4.98 Å². The van der Waals surface area contributed by atoms with Gasteiger partial charge in [0, 0.05) is 17.3 Å². The van der Waals surface area contributed by atoms with Gasteiger partial charge in [-0.15, -0.1) is 0 Å². The van der Waals surface area contributed by atoms with Gasteiger partial charge in [-0.25, -0.2) is 4.98 Å². The molecular weight excluding hydrogens is 326 g/mol. The van der Waals surface area contributed by atoms with E-state index in [4.69, 9.17) is 15.2 Å². The third kappa shape index (κ3) is 2.65. The van der Waals surface area contributed by atoms with Crippen LogP contribution in [0.1, 0.15) is 9.67 Å². The minimum absolute atomic E-state index is 0.191. The van der Waals surface area contributed by atoms with Crippen molar-refractivity contribution in [3.8, 4) is 22.8 Å². The summed E-state index contributed by atoms with van der Waals surface area (Å²) in [6, 6.07) is 14.7. The number of carbonyl (C=O) groups is 1. The topological polar surface area (TPSA) is 86.5 Å². The monoisotopic (exact) mass is 339 g/mol. The molecule has 2 heterocycles. The van der Waals surface area contributed by atoms with E-state index in [-0.39, 0.29) is 12.7 Å². The number of nitrogen functional groups attached to an aromatic ring is 1. The Hall–Kier alpha value is -3.06. The molecule has 0 aliphatic carbocycles. The molecule has 0 bridgehead atoms. The number of hydrogen-bond acceptors (Lipinski definition) is 6. The molecule has 1 aliphatic rings. The van der Waals surface area contributed by atoms with E-state index in [0.29, 0.717) is 32.9 Å². The van der Waals surface area contributed by atoms with Crippen LogP contribution in [0.5, 0.6) is 11.5 Å². The molecule has 0 spiro atoms. The van der Waals surface area contributed by atoms with Gasteiger partial charge in [-0.05, 0) is 12.1 Å². The van der Waals surface area contributed by atoms with Crippen molar-refractivity contribution in [2.45, 2.75) is 0 Å². The van der Waals surface area contributed by atoms with Gasteiger partial charge in [0.15, 0.2) is 16.6 Å². The molecule has 6 nitrogen and oxygen atoms in total. The summed E-state index contributed by atoms with van der Waals surface area (Å²) in [6.45, 7) is 0.191. The molecule has 4 rings (SSSR count). The Morgan fingerprint density at radius 1 is 1.12 bits per heavy atom. The molecule has 7 heteroatoms. The smallest absolute Gasteiger partial charge is 0.268 e. The number of thiazole rings is 1. The summed E-state index contributed by atoms with van der Waals surface area (Å²) in [6.07, 6.45) is 0. The zero-order chi connectivity index (χ0) is 16.5. The Kier molecular flexibility index (Phi) is 3.55. The van der Waals surface area contributed by atoms with Crippen LogP contribution in [-0.4, -0.2) is 17.7 Å². The number of ether oxygens (including phenoxy) is 2. The van der Waals surface area contributed by atoms with Gasteiger partial charge in [0.2, 0.25) is 6.79 Å². The molecule has 1 aliphatic heterocycles. The Balaban J connectivity index is 1.63. The van der Waals surface area contributed by atoms with Gasteiger partial charge in [-0.1, -0.05) is 41.7 Å². The van der Waals surface area contributed by atoms with Gasteiger partial charge in [-0.2, -0.15) is 0 Å². The molecule has 3 aromatic rings. The van der Waals surface area contributed by atoms with Crippen molar-refractivity contribution in [1.29, 1.82) is 0 Å². The quantitative estimate of drug-likeness (QED) is 0.764. The fraction of sp³-hybridized carbons (Fsp3) is 0.0588. The average molecular weight is 339 g/mol. The second-order valence-corrected chi connectivity index (χ2v) is 6.15. The van der Waals surface area contributed by atoms with Crippen molar-refractivity contribution < 1.29 is 14.3 Å². The first-order chi connectivity index (χ1) is 11.7. The first-order valence-corrected chi connectivity index (χ1v) is 8.05. The zero-order valence-corrected chi connectivity index (χ0v) is 13.3. The summed E-state index contributed by atoms with van der Waals surface area (Å²) in [5.74, 6) is 1.02. The highest BCUT2D eigenvalue weighted by Gasteiger charge is 2.20. The SMILES string of the molecule is Nc1nc(-c2ccccc2)c(C(=O)Nc2ccc3c(c2)OCO3)s1. The lowest BCUT2D eigenvalue weighted by Crippen LogP contribution is -2.11. The lowest BCUT2D eigenvalue weighted by molar-refractivity contribution is 0.103. The highest BCUT2D eigenvalue weighted by atomic mass is 32.1. The maximum atomic E-state index is 12.7. The Morgan fingerprint density at radius 2 is 1.92 bits per heavy atom. The summed E-state index contributed by atoms with van der Waals surface area (Å²) < 4.78 is 10.6. The minimum Gasteiger partial charge on any atom is -0.454 e. The van der Waals surface area contributed by atoms with Gasteiger partial charge < -0.3 is 20.5 Å². The molecule has 120 valence electrons. The molecule has 0 radical (unpaired) electrons. The fourth-order valence-corrected chi connectivity index (χ4v) is 3.19. The molecule has 1 aromatic heterocycles. The van der Waals surface area contributed by atoms with Gasteiger partial charge in [-0.3, -0.25) is 4.79 Å². The number of carbonyl (C=O) groups excluding carboxylic acids is 1. The van der Waals surface area contributed by atoms with E-state index in [1.54, 1.807) is 18.2 Å². The lowest BCUT2D eigenvalue weighted by Gasteiger charge is -2.06. The van der Waals surface area contributed by atoms with Crippen molar-refractivity contribution in [3.63, 3.8) is 0 Å². The summed E-state index contributed by atoms with van der Waals surface area (Å²) in [5.41, 5.74) is 7.86. The van der Waals surface area contributed by atoms with Crippen molar-refractivity contribution in [3.05, 3.63) is 53.4 Å².